The van der Waals surface area contributed by atoms with Gasteiger partial charge < -0.3 is 33.8 Å². The molecule has 0 rings (SSSR count). The van der Waals surface area contributed by atoms with Gasteiger partial charge in [0.15, 0.2) is 12.2 Å². The number of esters is 4. The van der Waals surface area contributed by atoms with E-state index in [1.54, 1.807) is 0 Å². The Bertz CT molecular complexity index is 1820. The van der Waals surface area contributed by atoms with E-state index in [4.69, 9.17) is 37.0 Å². The molecule has 0 aromatic heterocycles. The monoisotopic (exact) mass is 1350 g/mol. The quantitative estimate of drug-likeness (QED) is 0.0222. The molecule has 92 heavy (non-hydrogen) atoms. The molecule has 546 valence electrons. The summed E-state index contributed by atoms with van der Waals surface area (Å²) in [4.78, 5) is 72.6. The zero-order valence-corrected chi connectivity index (χ0v) is 62.0. The summed E-state index contributed by atoms with van der Waals surface area (Å²) in [5, 5.41) is 10.6. The van der Waals surface area contributed by atoms with Crippen LogP contribution in [0.2, 0.25) is 0 Å². The normalized spacial score (nSPS) is 14.8. The molecule has 0 amide bonds. The number of ether oxygens (including phenoxy) is 4. The lowest BCUT2D eigenvalue weighted by molar-refractivity contribution is -0.161. The fraction of sp³-hybridized carbons (Fsp3) is 0.945. The highest BCUT2D eigenvalue weighted by Gasteiger charge is 2.30. The molecular formula is C73H142O17P2. The van der Waals surface area contributed by atoms with Crippen molar-refractivity contribution in [2.75, 3.05) is 39.6 Å². The molecule has 0 bridgehead atoms. The lowest BCUT2D eigenvalue weighted by Crippen LogP contribution is -2.30. The summed E-state index contributed by atoms with van der Waals surface area (Å²) < 4.78 is 68.3. The maximum Gasteiger partial charge on any atom is 0.472 e. The summed E-state index contributed by atoms with van der Waals surface area (Å²) in [6.45, 7) is 14.1. The van der Waals surface area contributed by atoms with Gasteiger partial charge in [-0.3, -0.25) is 37.3 Å². The number of unbranched alkanes of at least 4 members (excludes halogenated alkanes) is 34. The molecule has 0 heterocycles. The Balaban J connectivity index is 5.19. The minimum atomic E-state index is -4.95. The lowest BCUT2D eigenvalue weighted by atomic mass is 9.99. The van der Waals surface area contributed by atoms with Crippen LogP contribution in [-0.4, -0.2) is 96.7 Å². The molecule has 7 atom stereocenters. The largest absolute Gasteiger partial charge is 0.472 e. The first-order valence-corrected chi connectivity index (χ1v) is 40.8. The van der Waals surface area contributed by atoms with E-state index < -0.39 is 97.5 Å². The molecule has 0 aliphatic carbocycles. The summed E-state index contributed by atoms with van der Waals surface area (Å²) in [7, 11) is -9.91. The van der Waals surface area contributed by atoms with Crippen LogP contribution < -0.4 is 0 Å². The van der Waals surface area contributed by atoms with E-state index in [9.17, 15) is 43.2 Å². The number of hydrogen-bond acceptors (Lipinski definition) is 15. The summed E-state index contributed by atoms with van der Waals surface area (Å²) in [6, 6.07) is 0. The van der Waals surface area contributed by atoms with E-state index in [1.165, 1.54) is 161 Å². The number of aliphatic hydroxyl groups is 1. The smallest absolute Gasteiger partial charge is 0.462 e. The van der Waals surface area contributed by atoms with Crippen LogP contribution in [0.3, 0.4) is 0 Å². The number of phosphoric ester groups is 2. The number of phosphoric acid groups is 2. The zero-order chi connectivity index (χ0) is 68.2. The van der Waals surface area contributed by atoms with Gasteiger partial charge in [-0.15, -0.1) is 0 Å². The first kappa shape index (κ1) is 90.1. The second-order valence-corrected chi connectivity index (χ2v) is 30.7. The molecule has 19 heteroatoms. The molecule has 0 fully saturated rings. The SMILES string of the molecule is CCC(C)CCCCCCCCCCCCCCCCC(=O)O[C@H](COC(=O)CCCCCCCCC(C)CC)COP(=O)(O)OC[C@H](O)COP(=O)(O)OC[C@@H](COC(=O)CCCCCCCCCCCCCCC(C)C)OC(=O)CCCCCCCCC(C)C. The predicted molar refractivity (Wildman–Crippen MR) is 372 cm³/mol. The minimum absolute atomic E-state index is 0.102. The maximum atomic E-state index is 13.0. The number of hydrogen-bond donors (Lipinski definition) is 3. The van der Waals surface area contributed by atoms with E-state index in [2.05, 4.69) is 55.4 Å². The van der Waals surface area contributed by atoms with Crippen molar-refractivity contribution in [2.45, 2.75) is 382 Å². The van der Waals surface area contributed by atoms with Crippen molar-refractivity contribution >= 4 is 39.5 Å². The molecule has 3 N–H and O–H groups in total. The van der Waals surface area contributed by atoms with E-state index in [1.807, 2.05) is 0 Å². The van der Waals surface area contributed by atoms with Gasteiger partial charge in [0.25, 0.3) is 0 Å². The van der Waals surface area contributed by atoms with Gasteiger partial charge in [0.05, 0.1) is 26.4 Å². The standard InChI is InChI=1S/C73H142O17P2/c1-9-65(7)51-43-35-26-22-18-13-11-12-14-20-24-28-39-47-55-72(77)89-68(60-84-71(76)54-46-38-32-30-36-44-52-66(8)10-2)61-87-91(79,80)85-57-67(74)58-86-92(81,82)88-62-69(90-73(78)56-48-40-31-29-34-42-50-64(5)6)59-83-70(75)53-45-37-27-23-19-16-15-17-21-25-33-41-49-63(3)4/h63-69,74H,9-62H2,1-8H3,(H,79,80)(H,81,82)/t65?,66?,67-,68+,69+/m0/s1. The van der Waals surface area contributed by atoms with Gasteiger partial charge in [0.1, 0.15) is 19.3 Å². The van der Waals surface area contributed by atoms with Gasteiger partial charge in [0.2, 0.25) is 0 Å². The van der Waals surface area contributed by atoms with Crippen molar-refractivity contribution in [3.63, 3.8) is 0 Å². The third kappa shape index (κ3) is 64.1. The fourth-order valence-corrected chi connectivity index (χ4v) is 12.5. The number of rotatable bonds is 70. The molecule has 17 nitrogen and oxygen atoms in total. The molecule has 0 radical (unpaired) electrons. The molecule has 0 aliphatic rings. The van der Waals surface area contributed by atoms with Crippen LogP contribution in [0.1, 0.15) is 364 Å². The van der Waals surface area contributed by atoms with Crippen molar-refractivity contribution in [1.82, 2.24) is 0 Å². The molecule has 0 saturated carbocycles. The highest BCUT2D eigenvalue weighted by molar-refractivity contribution is 7.47. The van der Waals surface area contributed by atoms with Gasteiger partial charge in [-0.05, 0) is 49.4 Å². The second kappa shape index (κ2) is 62.6. The average Bonchev–Trinajstić information content (AvgIpc) is 2.94. The van der Waals surface area contributed by atoms with Crippen LogP contribution in [0.25, 0.3) is 0 Å². The Hall–Kier alpha value is -1.94. The van der Waals surface area contributed by atoms with Crippen LogP contribution in [0.4, 0.5) is 0 Å². The minimum Gasteiger partial charge on any atom is -0.462 e. The Kier molecular flexibility index (Phi) is 61.3. The Labute approximate surface area is 562 Å². The lowest BCUT2D eigenvalue weighted by Gasteiger charge is -2.21. The Morgan fingerprint density at radius 3 is 0.772 bits per heavy atom. The first-order valence-electron chi connectivity index (χ1n) is 37.8. The van der Waals surface area contributed by atoms with Crippen LogP contribution >= 0.6 is 15.6 Å². The summed E-state index contributed by atoms with van der Waals surface area (Å²) >= 11 is 0. The third-order valence-electron chi connectivity index (χ3n) is 17.5. The van der Waals surface area contributed by atoms with Crippen molar-refractivity contribution in [2.24, 2.45) is 23.7 Å². The first-order chi connectivity index (χ1) is 44.2. The number of carbonyl (C=O) groups is 4. The molecule has 0 aliphatic heterocycles. The molecule has 0 spiro atoms. The predicted octanol–water partition coefficient (Wildman–Crippen LogP) is 20.9. The van der Waals surface area contributed by atoms with E-state index in [0.717, 1.165) is 114 Å². The Morgan fingerprint density at radius 1 is 0.304 bits per heavy atom. The van der Waals surface area contributed by atoms with Gasteiger partial charge in [-0.1, -0.05) is 312 Å². The van der Waals surface area contributed by atoms with Gasteiger partial charge >= 0.3 is 39.5 Å². The second-order valence-electron chi connectivity index (χ2n) is 27.8. The molecule has 0 aromatic carbocycles. The highest BCUT2D eigenvalue weighted by atomic mass is 31.2. The topological polar surface area (TPSA) is 237 Å². The van der Waals surface area contributed by atoms with E-state index in [-0.39, 0.29) is 25.7 Å². The Morgan fingerprint density at radius 2 is 0.522 bits per heavy atom. The summed E-state index contributed by atoms with van der Waals surface area (Å²) in [6.07, 6.45) is 46.0. The van der Waals surface area contributed by atoms with E-state index >= 15 is 0 Å². The van der Waals surface area contributed by atoms with Crippen LogP contribution in [0.5, 0.6) is 0 Å². The molecular weight excluding hydrogens is 1210 g/mol. The zero-order valence-electron chi connectivity index (χ0n) is 60.2. The van der Waals surface area contributed by atoms with Crippen molar-refractivity contribution < 1.29 is 80.2 Å². The fourth-order valence-electron chi connectivity index (χ4n) is 11.0. The van der Waals surface area contributed by atoms with E-state index in [0.29, 0.717) is 31.6 Å². The summed E-state index contributed by atoms with van der Waals surface area (Å²) in [5.74, 6) is 0.898. The number of aliphatic hydroxyl groups excluding tert-OH is 1. The van der Waals surface area contributed by atoms with Crippen LogP contribution in [0, 0.1) is 23.7 Å². The summed E-state index contributed by atoms with van der Waals surface area (Å²) in [5.41, 5.74) is 0. The average molecular weight is 1350 g/mol. The molecule has 4 unspecified atom stereocenters. The van der Waals surface area contributed by atoms with Gasteiger partial charge in [-0.25, -0.2) is 9.13 Å². The third-order valence-corrected chi connectivity index (χ3v) is 19.4. The van der Waals surface area contributed by atoms with Crippen molar-refractivity contribution in [3.8, 4) is 0 Å². The highest BCUT2D eigenvalue weighted by Crippen LogP contribution is 2.45. The molecule has 0 aromatic rings. The van der Waals surface area contributed by atoms with Crippen LogP contribution in [-0.2, 0) is 65.4 Å². The number of carbonyl (C=O) groups excluding carboxylic acids is 4. The van der Waals surface area contributed by atoms with Gasteiger partial charge in [-0.2, -0.15) is 0 Å². The molecule has 0 saturated heterocycles. The van der Waals surface area contributed by atoms with Gasteiger partial charge in [0, 0.05) is 25.7 Å². The van der Waals surface area contributed by atoms with Crippen LogP contribution in [0.15, 0.2) is 0 Å². The van der Waals surface area contributed by atoms with Crippen molar-refractivity contribution in [1.29, 1.82) is 0 Å². The maximum absolute atomic E-state index is 13.0. The van der Waals surface area contributed by atoms with Crippen molar-refractivity contribution in [3.05, 3.63) is 0 Å².